The van der Waals surface area contributed by atoms with E-state index in [9.17, 15) is 14.9 Å². The number of nitro groups is 1. The molecule has 0 aliphatic heterocycles. The number of methoxy groups -OCH3 is 1. The average Bonchev–Trinajstić information content (AvgIpc) is 2.29. The molecular weight excluding hydrogens is 313 g/mol. The van der Waals surface area contributed by atoms with Crippen molar-refractivity contribution in [3.63, 3.8) is 0 Å². The summed E-state index contributed by atoms with van der Waals surface area (Å²) in [6, 6.07) is 4.16. The number of rotatable bonds is 3. The molecule has 0 saturated carbocycles. The molecule has 0 N–H and O–H groups in total. The van der Waals surface area contributed by atoms with Gasteiger partial charge in [-0.25, -0.2) is 4.79 Å². The number of carbonyl (C=O) groups excluding carboxylic acids is 1. The van der Waals surface area contributed by atoms with Crippen molar-refractivity contribution in [1.82, 2.24) is 0 Å². The van der Waals surface area contributed by atoms with Crippen LogP contribution in [0.4, 0.5) is 5.69 Å². The lowest BCUT2D eigenvalue weighted by Crippen LogP contribution is -1.99. The van der Waals surface area contributed by atoms with Gasteiger partial charge in [-0.3, -0.25) is 10.1 Å². The molecule has 0 amide bonds. The Morgan fingerprint density at radius 2 is 2.24 bits per heavy atom. The van der Waals surface area contributed by atoms with E-state index >= 15 is 0 Å². The number of ether oxygens (including phenoxy) is 1. The molecule has 0 aliphatic carbocycles. The van der Waals surface area contributed by atoms with Crippen LogP contribution in [-0.4, -0.2) is 18.0 Å². The highest BCUT2D eigenvalue weighted by Gasteiger charge is 2.14. The molecule has 0 aliphatic rings. The van der Waals surface area contributed by atoms with Crippen LogP contribution in [0.2, 0.25) is 5.02 Å². The van der Waals surface area contributed by atoms with E-state index < -0.39 is 10.9 Å². The van der Waals surface area contributed by atoms with Gasteiger partial charge in [0.1, 0.15) is 4.48 Å². The van der Waals surface area contributed by atoms with Gasteiger partial charge < -0.3 is 4.74 Å². The summed E-state index contributed by atoms with van der Waals surface area (Å²) in [7, 11) is 1.22. The maximum Gasteiger partial charge on any atom is 0.344 e. The number of benzene rings is 1. The third kappa shape index (κ3) is 3.54. The van der Waals surface area contributed by atoms with Gasteiger partial charge in [-0.2, -0.15) is 0 Å². The maximum atomic E-state index is 11.1. The quantitative estimate of drug-likeness (QED) is 0.371. The number of nitro benzene ring substituents is 1. The summed E-state index contributed by atoms with van der Waals surface area (Å²) in [5.74, 6) is -0.616. The topological polar surface area (TPSA) is 69.4 Å². The number of nitrogens with zero attached hydrogens (tertiary/aromatic N) is 1. The molecule has 7 heteroatoms. The van der Waals surface area contributed by atoms with E-state index in [1.165, 1.54) is 31.4 Å². The molecule has 1 aromatic carbocycles. The molecule has 0 heterocycles. The number of hydrogen-bond acceptors (Lipinski definition) is 4. The summed E-state index contributed by atoms with van der Waals surface area (Å²) in [6.45, 7) is 0. The van der Waals surface area contributed by atoms with Gasteiger partial charge in [-0.15, -0.1) is 0 Å². The van der Waals surface area contributed by atoms with Gasteiger partial charge in [0.15, 0.2) is 0 Å². The van der Waals surface area contributed by atoms with E-state index in [-0.39, 0.29) is 20.8 Å². The van der Waals surface area contributed by atoms with Gasteiger partial charge in [-0.1, -0.05) is 11.6 Å². The Labute approximate surface area is 110 Å². The minimum Gasteiger partial charge on any atom is -0.465 e. The van der Waals surface area contributed by atoms with Gasteiger partial charge in [0.2, 0.25) is 0 Å². The Kier molecular flexibility index (Phi) is 4.65. The van der Waals surface area contributed by atoms with E-state index in [0.717, 1.165) is 0 Å². The van der Waals surface area contributed by atoms with E-state index in [1.807, 2.05) is 0 Å². The van der Waals surface area contributed by atoms with Crippen LogP contribution in [0.5, 0.6) is 0 Å². The van der Waals surface area contributed by atoms with E-state index in [1.54, 1.807) is 0 Å². The molecule has 0 fully saturated rings. The van der Waals surface area contributed by atoms with Crippen molar-refractivity contribution in [2.75, 3.05) is 7.11 Å². The van der Waals surface area contributed by atoms with E-state index in [0.29, 0.717) is 0 Å². The standard InChI is InChI=1S/C10H7BrClNO4/c1-17-10(14)8(11)4-6-2-3-7(12)5-9(6)13(15)16/h2-5H,1H3/b8-4-. The summed E-state index contributed by atoms with van der Waals surface area (Å²) >= 11 is 8.63. The number of carbonyl (C=O) groups is 1. The highest BCUT2D eigenvalue weighted by molar-refractivity contribution is 9.12. The monoisotopic (exact) mass is 319 g/mol. The van der Waals surface area contributed by atoms with Crippen molar-refractivity contribution >= 4 is 45.3 Å². The first kappa shape index (κ1) is 13.7. The molecule has 0 atom stereocenters. The van der Waals surface area contributed by atoms with Crippen molar-refractivity contribution in [1.29, 1.82) is 0 Å². The molecule has 0 radical (unpaired) electrons. The first-order valence-corrected chi connectivity index (χ1v) is 5.52. The van der Waals surface area contributed by atoms with Gasteiger partial charge in [0, 0.05) is 11.1 Å². The fourth-order valence-electron chi connectivity index (χ4n) is 1.09. The Hall–Kier alpha value is -1.40. The number of hydrogen-bond donors (Lipinski definition) is 0. The Balaban J connectivity index is 3.23. The molecule has 90 valence electrons. The van der Waals surface area contributed by atoms with Crippen LogP contribution in [0.3, 0.4) is 0 Å². The van der Waals surface area contributed by atoms with Crippen LogP contribution in [0.15, 0.2) is 22.7 Å². The fraction of sp³-hybridized carbons (Fsp3) is 0.100. The second-order valence-corrected chi connectivity index (χ2v) is 4.23. The van der Waals surface area contributed by atoms with Gasteiger partial charge in [-0.05, 0) is 34.1 Å². The van der Waals surface area contributed by atoms with Crippen molar-refractivity contribution in [3.8, 4) is 0 Å². The number of esters is 1. The Morgan fingerprint density at radius 3 is 2.76 bits per heavy atom. The van der Waals surface area contributed by atoms with Crippen LogP contribution in [0.25, 0.3) is 6.08 Å². The normalized spacial score (nSPS) is 11.1. The van der Waals surface area contributed by atoms with Crippen molar-refractivity contribution in [2.24, 2.45) is 0 Å². The molecule has 0 spiro atoms. The first-order chi connectivity index (χ1) is 7.95. The summed E-state index contributed by atoms with van der Waals surface area (Å²) < 4.78 is 4.55. The lowest BCUT2D eigenvalue weighted by Gasteiger charge is -2.00. The largest absolute Gasteiger partial charge is 0.465 e. The zero-order valence-corrected chi connectivity index (χ0v) is 11.0. The third-order valence-corrected chi connectivity index (χ3v) is 2.64. The fourth-order valence-corrected chi connectivity index (χ4v) is 1.66. The van der Waals surface area contributed by atoms with Crippen LogP contribution in [-0.2, 0) is 9.53 Å². The molecule has 5 nitrogen and oxygen atoms in total. The maximum absolute atomic E-state index is 11.1. The number of halogens is 2. The smallest absolute Gasteiger partial charge is 0.344 e. The van der Waals surface area contributed by atoms with E-state index in [4.69, 9.17) is 11.6 Å². The van der Waals surface area contributed by atoms with Crippen molar-refractivity contribution < 1.29 is 14.5 Å². The molecule has 0 unspecified atom stereocenters. The first-order valence-electron chi connectivity index (χ1n) is 4.35. The molecule has 0 saturated heterocycles. The summed E-state index contributed by atoms with van der Waals surface area (Å²) in [5.41, 5.74) is 0.0787. The zero-order valence-electron chi connectivity index (χ0n) is 8.65. The highest BCUT2D eigenvalue weighted by Crippen LogP contribution is 2.26. The molecule has 17 heavy (non-hydrogen) atoms. The van der Waals surface area contributed by atoms with Crippen LogP contribution >= 0.6 is 27.5 Å². The molecular formula is C10H7BrClNO4. The van der Waals surface area contributed by atoms with Crippen LogP contribution in [0, 0.1) is 10.1 Å². The lowest BCUT2D eigenvalue weighted by atomic mass is 10.1. The van der Waals surface area contributed by atoms with E-state index in [2.05, 4.69) is 20.7 Å². The van der Waals surface area contributed by atoms with Gasteiger partial charge >= 0.3 is 5.97 Å². The summed E-state index contributed by atoms with van der Waals surface area (Å²) in [6.07, 6.45) is 1.31. The lowest BCUT2D eigenvalue weighted by molar-refractivity contribution is -0.385. The minimum absolute atomic E-state index is 0.0884. The SMILES string of the molecule is COC(=O)/C(Br)=C/c1ccc(Cl)cc1[N+](=O)[O-]. The third-order valence-electron chi connectivity index (χ3n) is 1.85. The summed E-state index contributed by atoms with van der Waals surface area (Å²) in [5, 5.41) is 11.0. The molecule has 0 bridgehead atoms. The molecule has 1 rings (SSSR count). The average molecular weight is 321 g/mol. The zero-order chi connectivity index (χ0) is 13.0. The van der Waals surface area contributed by atoms with Crippen LogP contribution in [0.1, 0.15) is 5.56 Å². The second kappa shape index (κ2) is 5.79. The Morgan fingerprint density at radius 1 is 1.59 bits per heavy atom. The van der Waals surface area contributed by atoms with Gasteiger partial charge in [0.05, 0.1) is 17.6 Å². The van der Waals surface area contributed by atoms with Crippen molar-refractivity contribution in [3.05, 3.63) is 43.4 Å². The van der Waals surface area contributed by atoms with Gasteiger partial charge in [0.25, 0.3) is 5.69 Å². The summed E-state index contributed by atoms with van der Waals surface area (Å²) in [4.78, 5) is 21.3. The van der Waals surface area contributed by atoms with Crippen LogP contribution < -0.4 is 0 Å². The van der Waals surface area contributed by atoms with Crippen molar-refractivity contribution in [2.45, 2.75) is 0 Å². The minimum atomic E-state index is -0.616. The molecule has 0 aromatic heterocycles. The highest BCUT2D eigenvalue weighted by atomic mass is 79.9. The molecule has 1 aromatic rings. The Bertz CT molecular complexity index is 501. The predicted octanol–water partition coefficient (Wildman–Crippen LogP) is 3.16. The predicted molar refractivity (Wildman–Crippen MR) is 67.0 cm³/mol. The second-order valence-electron chi connectivity index (χ2n) is 2.94.